The predicted octanol–water partition coefficient (Wildman–Crippen LogP) is 3.48. The van der Waals surface area contributed by atoms with E-state index in [2.05, 4.69) is 36.4 Å². The van der Waals surface area contributed by atoms with Crippen LogP contribution in [0.25, 0.3) is 0 Å². The molecule has 0 bridgehead atoms. The summed E-state index contributed by atoms with van der Waals surface area (Å²) in [6.07, 6.45) is 2.66. The Kier molecular flexibility index (Phi) is 4.22. The molecule has 0 aliphatic carbocycles. The van der Waals surface area contributed by atoms with Gasteiger partial charge in [0.1, 0.15) is 17.3 Å². The fourth-order valence-corrected chi connectivity index (χ4v) is 1.70. The lowest BCUT2D eigenvalue weighted by Gasteiger charge is -1.99. The van der Waals surface area contributed by atoms with Crippen LogP contribution in [0, 0.1) is 5.82 Å². The van der Waals surface area contributed by atoms with Gasteiger partial charge in [0, 0.05) is 16.1 Å². The van der Waals surface area contributed by atoms with Gasteiger partial charge in [-0.25, -0.2) is 14.4 Å². The minimum absolute atomic E-state index is 0.302. The first kappa shape index (κ1) is 12.9. The first-order chi connectivity index (χ1) is 8.65. The lowest BCUT2D eigenvalue weighted by Crippen LogP contribution is -1.95. The third kappa shape index (κ3) is 3.48. The Labute approximate surface area is 116 Å². The third-order valence-corrected chi connectivity index (χ3v) is 2.67. The zero-order valence-electron chi connectivity index (χ0n) is 8.94. The van der Waals surface area contributed by atoms with E-state index in [1.165, 1.54) is 24.7 Å². The van der Waals surface area contributed by atoms with Crippen molar-refractivity contribution in [1.29, 1.82) is 0 Å². The molecule has 0 unspecified atom stereocenters. The Morgan fingerprint density at radius 2 is 2.17 bits per heavy atom. The Morgan fingerprint density at radius 3 is 2.94 bits per heavy atom. The maximum atomic E-state index is 13.4. The van der Waals surface area contributed by atoms with Crippen LogP contribution in [-0.2, 0) is 0 Å². The van der Waals surface area contributed by atoms with Gasteiger partial charge in [0.05, 0.1) is 6.21 Å². The van der Waals surface area contributed by atoms with E-state index in [0.29, 0.717) is 16.5 Å². The second-order valence-electron chi connectivity index (χ2n) is 3.26. The molecule has 0 saturated carbocycles. The SMILES string of the molecule is Fc1ccc(Br)cc1C=NNc1cc(Cl)ncn1. The fraction of sp³-hybridized carbons (Fsp3) is 0. The van der Waals surface area contributed by atoms with Gasteiger partial charge in [-0.1, -0.05) is 27.5 Å². The molecular formula is C11H7BrClFN4. The molecule has 1 aromatic heterocycles. The molecule has 0 atom stereocenters. The summed E-state index contributed by atoms with van der Waals surface area (Å²) in [5, 5.41) is 4.17. The highest BCUT2D eigenvalue weighted by Gasteiger charge is 1.99. The predicted molar refractivity (Wildman–Crippen MR) is 72.4 cm³/mol. The van der Waals surface area contributed by atoms with Gasteiger partial charge in [0.2, 0.25) is 0 Å². The van der Waals surface area contributed by atoms with Crippen LogP contribution in [0.4, 0.5) is 10.2 Å². The summed E-state index contributed by atoms with van der Waals surface area (Å²) in [6.45, 7) is 0. The molecule has 2 rings (SSSR count). The summed E-state index contributed by atoms with van der Waals surface area (Å²) in [4.78, 5) is 7.62. The molecule has 0 radical (unpaired) electrons. The maximum absolute atomic E-state index is 13.4. The van der Waals surface area contributed by atoms with Crippen molar-refractivity contribution in [1.82, 2.24) is 9.97 Å². The minimum Gasteiger partial charge on any atom is -0.261 e. The molecule has 18 heavy (non-hydrogen) atoms. The van der Waals surface area contributed by atoms with E-state index in [1.54, 1.807) is 12.1 Å². The van der Waals surface area contributed by atoms with Crippen LogP contribution in [0.1, 0.15) is 5.56 Å². The molecule has 1 heterocycles. The minimum atomic E-state index is -0.357. The third-order valence-electron chi connectivity index (χ3n) is 1.97. The summed E-state index contributed by atoms with van der Waals surface area (Å²) < 4.78 is 14.1. The van der Waals surface area contributed by atoms with Crippen LogP contribution >= 0.6 is 27.5 Å². The maximum Gasteiger partial charge on any atom is 0.151 e. The molecule has 0 amide bonds. The summed E-state index contributed by atoms with van der Waals surface area (Å²) in [5.41, 5.74) is 2.99. The Balaban J connectivity index is 2.10. The lowest BCUT2D eigenvalue weighted by molar-refractivity contribution is 0.625. The second kappa shape index (κ2) is 5.88. The molecule has 0 aliphatic heterocycles. The summed E-state index contributed by atoms with van der Waals surface area (Å²) in [7, 11) is 0. The number of anilines is 1. The Hall–Kier alpha value is -1.53. The summed E-state index contributed by atoms with van der Waals surface area (Å²) in [6, 6.07) is 6.10. The topological polar surface area (TPSA) is 50.2 Å². The van der Waals surface area contributed by atoms with Crippen molar-refractivity contribution in [2.75, 3.05) is 5.43 Å². The van der Waals surface area contributed by atoms with E-state index in [4.69, 9.17) is 11.6 Å². The highest BCUT2D eigenvalue weighted by atomic mass is 79.9. The molecule has 7 heteroatoms. The number of benzene rings is 1. The number of hydrogen-bond donors (Lipinski definition) is 1. The smallest absolute Gasteiger partial charge is 0.151 e. The van der Waals surface area contributed by atoms with Gasteiger partial charge in [-0.15, -0.1) is 0 Å². The summed E-state index contributed by atoms with van der Waals surface area (Å²) in [5.74, 6) is 0.0751. The van der Waals surface area contributed by atoms with Crippen molar-refractivity contribution in [2.24, 2.45) is 5.10 Å². The zero-order chi connectivity index (χ0) is 13.0. The first-order valence-corrected chi connectivity index (χ1v) is 6.04. The number of hydrogen-bond acceptors (Lipinski definition) is 4. The fourth-order valence-electron chi connectivity index (χ4n) is 1.18. The molecule has 0 spiro atoms. The molecule has 92 valence electrons. The second-order valence-corrected chi connectivity index (χ2v) is 4.56. The van der Waals surface area contributed by atoms with Gasteiger partial charge in [-0.3, -0.25) is 5.43 Å². The first-order valence-electron chi connectivity index (χ1n) is 4.87. The lowest BCUT2D eigenvalue weighted by atomic mass is 10.2. The molecule has 2 aromatic rings. The van der Waals surface area contributed by atoms with Gasteiger partial charge in [-0.2, -0.15) is 5.10 Å². The van der Waals surface area contributed by atoms with Crippen LogP contribution in [0.2, 0.25) is 5.15 Å². The van der Waals surface area contributed by atoms with Gasteiger partial charge in [-0.05, 0) is 18.2 Å². The molecule has 0 saturated heterocycles. The van der Waals surface area contributed by atoms with Crippen LogP contribution in [0.15, 0.2) is 40.2 Å². The molecule has 0 aliphatic rings. The van der Waals surface area contributed by atoms with Gasteiger partial charge in [0.25, 0.3) is 0 Å². The van der Waals surface area contributed by atoms with E-state index in [1.807, 2.05) is 0 Å². The normalized spacial score (nSPS) is 10.8. The number of aromatic nitrogens is 2. The van der Waals surface area contributed by atoms with E-state index < -0.39 is 0 Å². The average molecular weight is 330 g/mol. The van der Waals surface area contributed by atoms with Gasteiger partial charge < -0.3 is 0 Å². The van der Waals surface area contributed by atoms with Gasteiger partial charge in [0.15, 0.2) is 5.82 Å². The Morgan fingerprint density at radius 1 is 1.33 bits per heavy atom. The average Bonchev–Trinajstić information content (AvgIpc) is 2.34. The van der Waals surface area contributed by atoms with Crippen molar-refractivity contribution >= 4 is 39.6 Å². The van der Waals surface area contributed by atoms with Crippen molar-refractivity contribution < 1.29 is 4.39 Å². The molecule has 1 N–H and O–H groups in total. The van der Waals surface area contributed by atoms with Crippen molar-refractivity contribution in [2.45, 2.75) is 0 Å². The standard InChI is InChI=1S/C11H7BrClFN4/c12-8-1-2-9(14)7(3-8)5-17-18-11-4-10(13)15-6-16-11/h1-6H,(H,15,16,18). The van der Waals surface area contributed by atoms with E-state index in [-0.39, 0.29) is 5.82 Å². The number of halogens is 3. The monoisotopic (exact) mass is 328 g/mol. The Bertz CT molecular complexity index is 591. The zero-order valence-corrected chi connectivity index (χ0v) is 11.3. The molecular weight excluding hydrogens is 323 g/mol. The number of nitrogens with zero attached hydrogens (tertiary/aromatic N) is 3. The van der Waals surface area contributed by atoms with Crippen molar-refractivity contribution in [3.05, 3.63) is 51.6 Å². The molecule has 4 nitrogen and oxygen atoms in total. The van der Waals surface area contributed by atoms with E-state index in [0.717, 1.165) is 4.47 Å². The highest BCUT2D eigenvalue weighted by Crippen LogP contribution is 2.14. The largest absolute Gasteiger partial charge is 0.261 e. The van der Waals surface area contributed by atoms with Crippen LogP contribution < -0.4 is 5.43 Å². The van der Waals surface area contributed by atoms with Crippen LogP contribution in [0.3, 0.4) is 0 Å². The van der Waals surface area contributed by atoms with Crippen LogP contribution in [0.5, 0.6) is 0 Å². The van der Waals surface area contributed by atoms with E-state index >= 15 is 0 Å². The van der Waals surface area contributed by atoms with Crippen molar-refractivity contribution in [3.8, 4) is 0 Å². The van der Waals surface area contributed by atoms with Crippen LogP contribution in [-0.4, -0.2) is 16.2 Å². The highest BCUT2D eigenvalue weighted by molar-refractivity contribution is 9.10. The van der Waals surface area contributed by atoms with Crippen molar-refractivity contribution in [3.63, 3.8) is 0 Å². The molecule has 0 fully saturated rings. The van der Waals surface area contributed by atoms with Gasteiger partial charge >= 0.3 is 0 Å². The quantitative estimate of drug-likeness (QED) is 0.533. The number of hydrazone groups is 1. The molecule has 1 aromatic carbocycles. The summed E-state index contributed by atoms with van der Waals surface area (Å²) >= 11 is 8.93. The number of nitrogens with one attached hydrogen (secondary N) is 1. The number of rotatable bonds is 3. The van der Waals surface area contributed by atoms with E-state index in [9.17, 15) is 4.39 Å².